The number of esters is 1. The molecule has 0 aromatic heterocycles. The fraction of sp³-hybridized carbons (Fsp3) is 0.235. The van der Waals surface area contributed by atoms with Crippen molar-refractivity contribution in [3.63, 3.8) is 0 Å². The Balaban J connectivity index is 2.19. The highest BCUT2D eigenvalue weighted by molar-refractivity contribution is 5.91. The number of methoxy groups -OCH3 is 1. The minimum Gasteiger partial charge on any atom is -0.465 e. The van der Waals surface area contributed by atoms with Crippen molar-refractivity contribution >= 4 is 5.97 Å². The first-order valence-corrected chi connectivity index (χ1v) is 6.78. The third kappa shape index (κ3) is 3.68. The zero-order valence-corrected chi connectivity index (χ0v) is 11.9. The Morgan fingerprint density at radius 2 is 1.76 bits per heavy atom. The van der Waals surface area contributed by atoms with Gasteiger partial charge in [-0.15, -0.1) is 0 Å². The van der Waals surface area contributed by atoms with E-state index in [0.29, 0.717) is 17.5 Å². The number of hydrogen-bond donors (Lipinski definition) is 2. The summed E-state index contributed by atoms with van der Waals surface area (Å²) in [6, 6.07) is 15.9. The van der Waals surface area contributed by atoms with E-state index >= 15 is 0 Å². The van der Waals surface area contributed by atoms with Gasteiger partial charge < -0.3 is 15.6 Å². The Bertz CT molecular complexity index is 598. The lowest BCUT2D eigenvalue weighted by molar-refractivity contribution is 0.0597. The predicted octanol–water partition coefficient (Wildman–Crippen LogP) is 2.08. The molecule has 0 radical (unpaired) electrons. The van der Waals surface area contributed by atoms with Crippen LogP contribution in [0.4, 0.5) is 0 Å². The summed E-state index contributed by atoms with van der Waals surface area (Å²) < 4.78 is 4.75. The van der Waals surface area contributed by atoms with E-state index in [-0.39, 0.29) is 0 Å². The van der Waals surface area contributed by atoms with Crippen LogP contribution in [-0.4, -0.2) is 24.3 Å². The Morgan fingerprint density at radius 3 is 2.43 bits per heavy atom. The predicted molar refractivity (Wildman–Crippen MR) is 80.9 cm³/mol. The van der Waals surface area contributed by atoms with Gasteiger partial charge in [-0.3, -0.25) is 0 Å². The fourth-order valence-corrected chi connectivity index (χ4v) is 2.27. The quantitative estimate of drug-likeness (QED) is 0.825. The zero-order chi connectivity index (χ0) is 15.2. The summed E-state index contributed by atoms with van der Waals surface area (Å²) in [5.74, 6) is -0.451. The van der Waals surface area contributed by atoms with Crippen LogP contribution in [0.3, 0.4) is 0 Å². The highest BCUT2D eigenvalue weighted by Crippen LogP contribution is 2.22. The van der Waals surface area contributed by atoms with Gasteiger partial charge in [0.15, 0.2) is 0 Å². The molecule has 3 N–H and O–H groups in total. The van der Waals surface area contributed by atoms with Gasteiger partial charge in [0.2, 0.25) is 0 Å². The molecule has 0 fully saturated rings. The summed E-state index contributed by atoms with van der Waals surface area (Å²) in [4.78, 5) is 11.8. The molecule has 0 bridgehead atoms. The van der Waals surface area contributed by atoms with Crippen LogP contribution in [-0.2, 0) is 11.2 Å². The largest absolute Gasteiger partial charge is 0.465 e. The van der Waals surface area contributed by atoms with Gasteiger partial charge in [-0.1, -0.05) is 48.5 Å². The van der Waals surface area contributed by atoms with Gasteiger partial charge in [0.05, 0.1) is 24.8 Å². The van der Waals surface area contributed by atoms with Gasteiger partial charge in [-0.2, -0.15) is 0 Å². The Morgan fingerprint density at radius 1 is 1.14 bits per heavy atom. The van der Waals surface area contributed by atoms with Crippen molar-refractivity contribution in [1.82, 2.24) is 0 Å². The topological polar surface area (TPSA) is 72.5 Å². The fourth-order valence-electron chi connectivity index (χ4n) is 2.27. The van der Waals surface area contributed by atoms with Crippen molar-refractivity contribution in [1.29, 1.82) is 0 Å². The van der Waals surface area contributed by atoms with E-state index < -0.39 is 18.1 Å². The number of nitrogens with two attached hydrogens (primary N) is 1. The van der Waals surface area contributed by atoms with Gasteiger partial charge in [0.25, 0.3) is 0 Å². The molecular formula is C17H19NO3. The summed E-state index contributed by atoms with van der Waals surface area (Å²) in [6.45, 7) is 0. The van der Waals surface area contributed by atoms with E-state index in [2.05, 4.69) is 0 Å². The normalized spacial score (nSPS) is 13.5. The molecule has 0 aliphatic rings. The van der Waals surface area contributed by atoms with Crippen LogP contribution in [0.15, 0.2) is 54.6 Å². The maximum absolute atomic E-state index is 11.8. The second kappa shape index (κ2) is 7.02. The van der Waals surface area contributed by atoms with Crippen molar-refractivity contribution in [3.05, 3.63) is 71.3 Å². The summed E-state index contributed by atoms with van der Waals surface area (Å²) in [7, 11) is 1.32. The third-order valence-electron chi connectivity index (χ3n) is 3.43. The Kier molecular flexibility index (Phi) is 5.09. The lowest BCUT2D eigenvalue weighted by Crippen LogP contribution is -2.29. The van der Waals surface area contributed by atoms with Crippen LogP contribution in [0, 0.1) is 0 Å². The van der Waals surface area contributed by atoms with Gasteiger partial charge in [-0.25, -0.2) is 4.79 Å². The first kappa shape index (κ1) is 15.2. The lowest BCUT2D eigenvalue weighted by atomic mass is 9.93. The van der Waals surface area contributed by atoms with Crippen LogP contribution in [0.5, 0.6) is 0 Å². The molecule has 2 rings (SSSR count). The number of aliphatic hydroxyl groups is 1. The number of hydrogen-bond acceptors (Lipinski definition) is 4. The first-order valence-electron chi connectivity index (χ1n) is 6.78. The third-order valence-corrected chi connectivity index (χ3v) is 3.43. The molecule has 21 heavy (non-hydrogen) atoms. The molecule has 0 amide bonds. The highest BCUT2D eigenvalue weighted by Gasteiger charge is 2.22. The molecule has 0 heterocycles. The van der Waals surface area contributed by atoms with Gasteiger partial charge in [0.1, 0.15) is 0 Å². The summed E-state index contributed by atoms with van der Waals surface area (Å²) in [5, 5.41) is 10.3. The molecule has 2 aromatic carbocycles. The van der Waals surface area contributed by atoms with Gasteiger partial charge in [-0.05, 0) is 17.2 Å². The molecule has 4 nitrogen and oxygen atoms in total. The molecule has 0 unspecified atom stereocenters. The number of benzene rings is 2. The molecule has 2 aromatic rings. The Hall–Kier alpha value is -2.17. The summed E-state index contributed by atoms with van der Waals surface area (Å²) >= 11 is 0. The van der Waals surface area contributed by atoms with E-state index in [9.17, 15) is 9.90 Å². The van der Waals surface area contributed by atoms with E-state index in [4.69, 9.17) is 10.5 Å². The number of rotatable bonds is 5. The smallest absolute Gasteiger partial charge is 0.338 e. The SMILES string of the molecule is COC(=O)c1ccccc1[C@H](N)[C@H](O)Cc1ccccc1. The standard InChI is InChI=1S/C17H19NO3/c1-21-17(20)14-10-6-5-9-13(14)16(18)15(19)11-12-7-3-2-4-8-12/h2-10,15-16,19H,11,18H2,1H3/t15-,16+/m1/s1. The zero-order valence-electron chi connectivity index (χ0n) is 11.9. The molecule has 4 heteroatoms. The van der Waals surface area contributed by atoms with Crippen LogP contribution in [0.25, 0.3) is 0 Å². The Labute approximate surface area is 124 Å². The monoisotopic (exact) mass is 285 g/mol. The minimum absolute atomic E-state index is 0.389. The van der Waals surface area contributed by atoms with Crippen LogP contribution in [0.2, 0.25) is 0 Å². The van der Waals surface area contributed by atoms with Crippen molar-refractivity contribution < 1.29 is 14.6 Å². The average molecular weight is 285 g/mol. The van der Waals surface area contributed by atoms with Gasteiger partial charge >= 0.3 is 5.97 Å². The average Bonchev–Trinajstić information content (AvgIpc) is 2.54. The van der Waals surface area contributed by atoms with Crippen molar-refractivity contribution in [3.8, 4) is 0 Å². The number of ether oxygens (including phenoxy) is 1. The molecule has 0 spiro atoms. The molecule has 2 atom stereocenters. The summed E-state index contributed by atoms with van der Waals surface area (Å²) in [5.41, 5.74) is 8.10. The maximum atomic E-state index is 11.8. The van der Waals surface area contributed by atoms with Gasteiger partial charge in [0, 0.05) is 6.42 Å². The van der Waals surface area contributed by atoms with E-state index in [1.54, 1.807) is 24.3 Å². The molecule has 0 aliphatic heterocycles. The van der Waals surface area contributed by atoms with Crippen molar-refractivity contribution in [2.45, 2.75) is 18.6 Å². The second-order valence-corrected chi connectivity index (χ2v) is 4.86. The van der Waals surface area contributed by atoms with Crippen molar-refractivity contribution in [2.24, 2.45) is 5.73 Å². The second-order valence-electron chi connectivity index (χ2n) is 4.86. The molecule has 0 saturated heterocycles. The van der Waals surface area contributed by atoms with E-state index in [0.717, 1.165) is 5.56 Å². The minimum atomic E-state index is -0.779. The van der Waals surface area contributed by atoms with Crippen LogP contribution < -0.4 is 5.73 Å². The number of carbonyl (C=O) groups excluding carboxylic acids is 1. The molecule has 0 saturated carbocycles. The van der Waals surface area contributed by atoms with Crippen molar-refractivity contribution in [2.75, 3.05) is 7.11 Å². The molecular weight excluding hydrogens is 266 g/mol. The highest BCUT2D eigenvalue weighted by atomic mass is 16.5. The van der Waals surface area contributed by atoms with E-state index in [1.807, 2.05) is 30.3 Å². The number of carbonyl (C=O) groups is 1. The number of aliphatic hydroxyl groups excluding tert-OH is 1. The maximum Gasteiger partial charge on any atom is 0.338 e. The molecule has 0 aliphatic carbocycles. The molecule has 110 valence electrons. The van der Waals surface area contributed by atoms with Crippen LogP contribution >= 0.6 is 0 Å². The summed E-state index contributed by atoms with van der Waals surface area (Å²) in [6.07, 6.45) is -0.351. The van der Waals surface area contributed by atoms with Crippen LogP contribution in [0.1, 0.15) is 27.5 Å². The van der Waals surface area contributed by atoms with E-state index in [1.165, 1.54) is 7.11 Å². The first-order chi connectivity index (χ1) is 10.1. The lowest BCUT2D eigenvalue weighted by Gasteiger charge is -2.21.